The van der Waals surface area contributed by atoms with Crippen molar-refractivity contribution in [3.05, 3.63) is 68.9 Å². The van der Waals surface area contributed by atoms with E-state index < -0.39 is 36.7 Å². The highest BCUT2D eigenvalue weighted by atomic mass is 32.2. The van der Waals surface area contributed by atoms with Crippen molar-refractivity contribution in [3.8, 4) is 0 Å². The van der Waals surface area contributed by atoms with Crippen molar-refractivity contribution in [1.29, 1.82) is 0 Å². The number of benzene rings is 1. The molecule has 1 atom stereocenters. The Morgan fingerprint density at radius 1 is 1.18 bits per heavy atom. The molecule has 13 heteroatoms. The number of piperidine rings is 1. The molecule has 40 heavy (non-hydrogen) atoms. The van der Waals surface area contributed by atoms with Crippen LogP contribution in [0.5, 0.6) is 0 Å². The van der Waals surface area contributed by atoms with Crippen LogP contribution in [0.15, 0.2) is 40.9 Å². The molecule has 7 nitrogen and oxygen atoms in total. The Balaban J connectivity index is 1.16. The molecule has 0 aliphatic carbocycles. The van der Waals surface area contributed by atoms with Crippen molar-refractivity contribution in [2.24, 2.45) is 5.16 Å². The molecule has 214 valence electrons. The van der Waals surface area contributed by atoms with Crippen LogP contribution in [0.2, 0.25) is 0 Å². The van der Waals surface area contributed by atoms with Gasteiger partial charge in [0, 0.05) is 36.6 Å². The molecular weight excluding hydrogens is 566 g/mol. The van der Waals surface area contributed by atoms with E-state index in [-0.39, 0.29) is 12.0 Å². The van der Waals surface area contributed by atoms with Crippen LogP contribution in [0.4, 0.5) is 17.6 Å². The molecule has 0 bridgehead atoms. The minimum absolute atomic E-state index is 0.139. The molecular formula is C27H29F4N5O2S2. The number of thiazole rings is 1. The maximum atomic E-state index is 13.3. The van der Waals surface area contributed by atoms with Gasteiger partial charge in [0.25, 0.3) is 12.9 Å². The Hall–Kier alpha value is -2.93. The number of oxime groups is 1. The average molecular weight is 596 g/mol. The normalized spacial score (nSPS) is 18.0. The van der Waals surface area contributed by atoms with Crippen LogP contribution in [0, 0.1) is 0 Å². The highest BCUT2D eigenvalue weighted by Crippen LogP contribution is 2.35. The van der Waals surface area contributed by atoms with Gasteiger partial charge in [-0.3, -0.25) is 9.48 Å². The van der Waals surface area contributed by atoms with Crippen molar-refractivity contribution in [3.63, 3.8) is 0 Å². The zero-order valence-electron chi connectivity index (χ0n) is 21.8. The molecule has 0 saturated carbocycles. The summed E-state index contributed by atoms with van der Waals surface area (Å²) in [6.45, 7) is 2.48. The predicted molar refractivity (Wildman–Crippen MR) is 146 cm³/mol. The number of carbonyl (C=O) groups excluding carboxylic acids is 1. The number of thioether (sulfide) groups is 1. The summed E-state index contributed by atoms with van der Waals surface area (Å²) in [6, 6.07) is 8.93. The molecule has 1 saturated heterocycles. The first kappa shape index (κ1) is 28.6. The maximum absolute atomic E-state index is 13.3. The van der Waals surface area contributed by atoms with E-state index in [1.54, 1.807) is 16.2 Å². The van der Waals surface area contributed by atoms with E-state index in [2.05, 4.69) is 29.3 Å². The van der Waals surface area contributed by atoms with Gasteiger partial charge in [-0.15, -0.1) is 11.3 Å². The number of hydrogen-bond donors (Lipinski definition) is 0. The van der Waals surface area contributed by atoms with E-state index in [0.29, 0.717) is 43.1 Å². The molecule has 5 rings (SSSR count). The SMILES string of the molecule is CCSCc1ccccc1C1CC(c2csc(C3CCN(C(=O)Cn4nc(C(F)F)cc4C(F)F)CC3)n2)=NO1. The number of halogens is 4. The Kier molecular flexibility index (Phi) is 9.09. The third-order valence-corrected chi connectivity index (χ3v) is 9.04. The highest BCUT2D eigenvalue weighted by molar-refractivity contribution is 7.98. The summed E-state index contributed by atoms with van der Waals surface area (Å²) in [7, 11) is 0. The van der Waals surface area contributed by atoms with E-state index in [1.807, 2.05) is 29.3 Å². The summed E-state index contributed by atoms with van der Waals surface area (Å²) < 4.78 is 53.1. The standard InChI is InChI=1S/C27H29F4N5O2S2/c1-2-39-14-17-5-3-4-6-18(17)23-12-19(34-38-23)21-15-40-27(32-21)16-7-9-35(10-8-16)24(37)13-36-22(26(30)31)11-20(33-36)25(28)29/h3-6,11,15-16,23,25-26H,2,7-10,12-14H2,1H3. The second-order valence-electron chi connectivity index (χ2n) is 9.65. The Morgan fingerprint density at radius 2 is 1.95 bits per heavy atom. The highest BCUT2D eigenvalue weighted by Gasteiger charge is 2.30. The second-order valence-corrected chi connectivity index (χ2v) is 11.8. The van der Waals surface area contributed by atoms with E-state index in [0.717, 1.165) is 33.5 Å². The van der Waals surface area contributed by atoms with E-state index in [1.165, 1.54) is 5.56 Å². The smallest absolute Gasteiger partial charge is 0.282 e. The van der Waals surface area contributed by atoms with Crippen LogP contribution in [0.1, 0.15) is 84.3 Å². The summed E-state index contributed by atoms with van der Waals surface area (Å²) in [4.78, 5) is 25.0. The molecule has 1 fully saturated rings. The summed E-state index contributed by atoms with van der Waals surface area (Å²) in [5.41, 5.74) is 2.58. The molecule has 2 aromatic heterocycles. The van der Waals surface area contributed by atoms with Gasteiger partial charge in [0.2, 0.25) is 5.91 Å². The summed E-state index contributed by atoms with van der Waals surface area (Å²) in [5.74, 6) is 1.70. The first-order chi connectivity index (χ1) is 19.3. The van der Waals surface area contributed by atoms with Gasteiger partial charge in [-0.25, -0.2) is 22.5 Å². The fraction of sp³-hybridized carbons (Fsp3) is 0.481. The van der Waals surface area contributed by atoms with Crippen LogP contribution < -0.4 is 0 Å². The number of likely N-dealkylation sites (tertiary alicyclic amines) is 1. The number of carbonyl (C=O) groups is 1. The number of amides is 1. The van der Waals surface area contributed by atoms with Crippen molar-refractivity contribution in [2.45, 2.75) is 63.4 Å². The zero-order chi connectivity index (χ0) is 28.2. The molecule has 0 radical (unpaired) electrons. The summed E-state index contributed by atoms with van der Waals surface area (Å²) in [5, 5.41) is 10.8. The summed E-state index contributed by atoms with van der Waals surface area (Å²) in [6.07, 6.45) is -4.16. The van der Waals surface area contributed by atoms with Crippen molar-refractivity contribution in [2.75, 3.05) is 18.8 Å². The van der Waals surface area contributed by atoms with Crippen molar-refractivity contribution >= 4 is 34.7 Å². The predicted octanol–water partition coefficient (Wildman–Crippen LogP) is 6.74. The molecule has 1 amide bonds. The molecule has 2 aliphatic rings. The van der Waals surface area contributed by atoms with Crippen LogP contribution in [-0.4, -0.2) is 50.1 Å². The lowest BCUT2D eigenvalue weighted by Gasteiger charge is -2.31. The molecule has 4 heterocycles. The fourth-order valence-corrected chi connectivity index (χ4v) is 6.65. The maximum Gasteiger partial charge on any atom is 0.282 e. The van der Waals surface area contributed by atoms with Crippen LogP contribution >= 0.6 is 23.1 Å². The van der Waals surface area contributed by atoms with Gasteiger partial charge in [0.05, 0.1) is 10.7 Å². The second kappa shape index (κ2) is 12.7. The van der Waals surface area contributed by atoms with Gasteiger partial charge in [0.15, 0.2) is 6.10 Å². The molecule has 2 aliphatic heterocycles. The quantitative estimate of drug-likeness (QED) is 0.243. The third-order valence-electron chi connectivity index (χ3n) is 7.11. The molecule has 1 unspecified atom stereocenters. The number of hydrogen-bond acceptors (Lipinski definition) is 7. The monoisotopic (exact) mass is 595 g/mol. The van der Waals surface area contributed by atoms with Crippen LogP contribution in [0.25, 0.3) is 0 Å². The molecule has 1 aromatic carbocycles. The van der Waals surface area contributed by atoms with E-state index >= 15 is 0 Å². The van der Waals surface area contributed by atoms with E-state index in [4.69, 9.17) is 9.82 Å². The zero-order valence-corrected chi connectivity index (χ0v) is 23.4. The molecule has 3 aromatic rings. The Labute approximate surface area is 237 Å². The lowest BCUT2D eigenvalue weighted by atomic mass is 9.97. The van der Waals surface area contributed by atoms with Crippen molar-refractivity contribution in [1.82, 2.24) is 19.7 Å². The average Bonchev–Trinajstić information content (AvgIpc) is 3.72. The van der Waals surface area contributed by atoms with Crippen LogP contribution in [-0.2, 0) is 21.9 Å². The lowest BCUT2D eigenvalue weighted by Crippen LogP contribution is -2.40. The number of alkyl halides is 4. The number of aromatic nitrogens is 3. The van der Waals surface area contributed by atoms with Gasteiger partial charge in [0.1, 0.15) is 23.6 Å². The fourth-order valence-electron chi connectivity index (χ4n) is 4.96. The Bertz CT molecular complexity index is 1350. The Morgan fingerprint density at radius 3 is 2.67 bits per heavy atom. The number of rotatable bonds is 10. The van der Waals surface area contributed by atoms with Gasteiger partial charge in [-0.2, -0.15) is 16.9 Å². The number of nitrogens with zero attached hydrogens (tertiary/aromatic N) is 5. The topological polar surface area (TPSA) is 72.6 Å². The van der Waals surface area contributed by atoms with Gasteiger partial charge < -0.3 is 9.74 Å². The summed E-state index contributed by atoms with van der Waals surface area (Å²) >= 11 is 3.42. The van der Waals surface area contributed by atoms with Gasteiger partial charge in [-0.1, -0.05) is 36.3 Å². The largest absolute Gasteiger partial charge is 0.387 e. The minimum Gasteiger partial charge on any atom is -0.387 e. The van der Waals surface area contributed by atoms with E-state index in [9.17, 15) is 22.4 Å². The van der Waals surface area contributed by atoms with Gasteiger partial charge in [-0.05, 0) is 35.8 Å². The molecule has 0 spiro atoms. The molecule has 0 N–H and O–H groups in total. The van der Waals surface area contributed by atoms with Crippen molar-refractivity contribution < 1.29 is 27.2 Å². The first-order valence-corrected chi connectivity index (χ1v) is 15.1. The lowest BCUT2D eigenvalue weighted by molar-refractivity contribution is -0.133. The van der Waals surface area contributed by atoms with Gasteiger partial charge >= 0.3 is 0 Å². The minimum atomic E-state index is -3.00. The first-order valence-electron chi connectivity index (χ1n) is 13.1. The third kappa shape index (κ3) is 6.35. The van der Waals surface area contributed by atoms with Crippen LogP contribution in [0.3, 0.4) is 0 Å².